The monoisotopic (exact) mass is 620 g/mol. The van der Waals surface area contributed by atoms with E-state index in [2.05, 4.69) is 37.5 Å². The molecule has 1 aromatic carbocycles. The number of benzene rings is 1. The largest absolute Gasteiger partial charge is 0.479 e. The Morgan fingerprint density at radius 2 is 1.81 bits per heavy atom. The number of rotatable bonds is 11. The van der Waals surface area contributed by atoms with Crippen LogP contribution in [0.15, 0.2) is 55.3 Å². The Morgan fingerprint density at radius 1 is 1.09 bits per heavy atom. The minimum Gasteiger partial charge on any atom is -0.479 e. The summed E-state index contributed by atoms with van der Waals surface area (Å²) in [6, 6.07) is 9.40. The van der Waals surface area contributed by atoms with Crippen molar-refractivity contribution < 1.29 is 31.1 Å². The van der Waals surface area contributed by atoms with Crippen molar-refractivity contribution >= 4 is 50.6 Å². The molecule has 1 amide bonds. The number of aromatic nitrogens is 3. The maximum Gasteiger partial charge on any atom is 0.421 e. The van der Waals surface area contributed by atoms with Crippen molar-refractivity contribution in [2.75, 3.05) is 59.9 Å². The number of nitrogens with one attached hydrogen (secondary N) is 3. The van der Waals surface area contributed by atoms with Gasteiger partial charge >= 0.3 is 6.18 Å². The van der Waals surface area contributed by atoms with E-state index in [-0.39, 0.29) is 23.3 Å². The van der Waals surface area contributed by atoms with Gasteiger partial charge in [0.25, 0.3) is 0 Å². The topological polar surface area (TPSA) is 142 Å². The molecule has 0 radical (unpaired) electrons. The molecule has 2 aromatic heterocycles. The number of carbonyl (C=O) groups excluding carboxylic acids is 1. The third kappa shape index (κ3) is 7.90. The minimum atomic E-state index is -4.75. The van der Waals surface area contributed by atoms with Crippen molar-refractivity contribution in [3.05, 3.63) is 60.8 Å². The van der Waals surface area contributed by atoms with Crippen molar-refractivity contribution in [3.8, 4) is 5.88 Å². The summed E-state index contributed by atoms with van der Waals surface area (Å²) in [6.45, 7) is 6.70. The number of alkyl halides is 3. The van der Waals surface area contributed by atoms with Crippen LogP contribution in [0.1, 0.15) is 18.9 Å². The standard InChI is InChI=1S/C27H31F3N8O4S/c1-4-15-43(40,41)38-13-11-37(12-14-38)22-10-9-21(25(35-22)42-3)34-26-31-17-20(27(28,29)30)24(36-26)33-19-8-6-7-18(16-19)32-23(39)5-2/h5-10,16-17H,2,4,11-15H2,1,3H3,(H,32,39)(H2,31,33,34,36). The van der Waals surface area contributed by atoms with E-state index in [0.717, 1.165) is 6.08 Å². The number of anilines is 6. The molecule has 0 spiro atoms. The second kappa shape index (κ2) is 13.2. The average Bonchev–Trinajstić information content (AvgIpc) is 2.97. The molecule has 230 valence electrons. The third-order valence-electron chi connectivity index (χ3n) is 6.38. The molecular formula is C27H31F3N8O4S. The van der Waals surface area contributed by atoms with E-state index in [0.29, 0.717) is 56.0 Å². The van der Waals surface area contributed by atoms with Gasteiger partial charge in [-0.05, 0) is 42.8 Å². The molecule has 0 aliphatic carbocycles. The summed E-state index contributed by atoms with van der Waals surface area (Å²) in [5.74, 6) is -0.359. The Hall–Kier alpha value is -4.44. The molecule has 1 saturated heterocycles. The van der Waals surface area contributed by atoms with Crippen molar-refractivity contribution in [1.82, 2.24) is 19.3 Å². The van der Waals surface area contributed by atoms with Crippen molar-refractivity contribution in [2.45, 2.75) is 19.5 Å². The van der Waals surface area contributed by atoms with E-state index >= 15 is 0 Å². The Kier molecular flexibility index (Phi) is 9.70. The van der Waals surface area contributed by atoms with Gasteiger partial charge in [-0.25, -0.2) is 13.4 Å². The molecular weight excluding hydrogens is 589 g/mol. The molecule has 1 aliphatic rings. The maximum absolute atomic E-state index is 13.8. The number of piperazine rings is 1. The second-order valence-corrected chi connectivity index (χ2v) is 11.5. The highest BCUT2D eigenvalue weighted by Gasteiger charge is 2.35. The van der Waals surface area contributed by atoms with Gasteiger partial charge in [-0.1, -0.05) is 19.6 Å². The predicted molar refractivity (Wildman–Crippen MR) is 158 cm³/mol. The fourth-order valence-corrected chi connectivity index (χ4v) is 5.80. The second-order valence-electron chi connectivity index (χ2n) is 9.41. The van der Waals surface area contributed by atoms with Crippen LogP contribution in [-0.4, -0.2) is 72.6 Å². The van der Waals surface area contributed by atoms with Crippen LogP contribution in [-0.2, 0) is 21.0 Å². The lowest BCUT2D eigenvalue weighted by atomic mass is 10.2. The molecule has 0 bridgehead atoms. The van der Waals surface area contributed by atoms with Crippen molar-refractivity contribution in [2.24, 2.45) is 0 Å². The van der Waals surface area contributed by atoms with E-state index in [1.807, 2.05) is 11.8 Å². The number of nitrogens with zero attached hydrogens (tertiary/aromatic N) is 5. The summed E-state index contributed by atoms with van der Waals surface area (Å²) in [5.41, 5.74) is -0.215. The number of hydrogen-bond donors (Lipinski definition) is 3. The van der Waals surface area contributed by atoms with Crippen LogP contribution < -0.4 is 25.6 Å². The van der Waals surface area contributed by atoms with E-state index in [1.54, 1.807) is 24.3 Å². The first kappa shape index (κ1) is 31.5. The number of hydrogen-bond acceptors (Lipinski definition) is 10. The van der Waals surface area contributed by atoms with Gasteiger partial charge in [-0.3, -0.25) is 4.79 Å². The first-order chi connectivity index (χ1) is 20.4. The van der Waals surface area contributed by atoms with Gasteiger partial charge in [-0.2, -0.15) is 27.4 Å². The zero-order valence-corrected chi connectivity index (χ0v) is 24.3. The van der Waals surface area contributed by atoms with Gasteiger partial charge < -0.3 is 25.6 Å². The molecule has 3 heterocycles. The van der Waals surface area contributed by atoms with Crippen LogP contribution in [0, 0.1) is 0 Å². The van der Waals surface area contributed by atoms with Crippen LogP contribution in [0.25, 0.3) is 0 Å². The smallest absolute Gasteiger partial charge is 0.421 e. The Balaban J connectivity index is 1.54. The summed E-state index contributed by atoms with van der Waals surface area (Å²) < 4.78 is 73.0. The number of carbonyl (C=O) groups is 1. The van der Waals surface area contributed by atoms with Gasteiger partial charge in [0.15, 0.2) is 0 Å². The fourth-order valence-electron chi connectivity index (χ4n) is 4.31. The number of amides is 1. The molecule has 1 aliphatic heterocycles. The van der Waals surface area contributed by atoms with Crippen molar-refractivity contribution in [1.29, 1.82) is 0 Å². The normalized spacial score (nSPS) is 14.2. The van der Waals surface area contributed by atoms with E-state index in [9.17, 15) is 26.4 Å². The lowest BCUT2D eigenvalue weighted by Crippen LogP contribution is -2.49. The number of halogens is 3. The molecule has 16 heteroatoms. The molecule has 1 fully saturated rings. The molecule has 0 saturated carbocycles. The average molecular weight is 621 g/mol. The van der Waals surface area contributed by atoms with Crippen LogP contribution in [0.4, 0.5) is 47.8 Å². The summed E-state index contributed by atoms with van der Waals surface area (Å²) >= 11 is 0. The maximum atomic E-state index is 13.8. The van der Waals surface area contributed by atoms with E-state index < -0.39 is 33.5 Å². The van der Waals surface area contributed by atoms with Crippen LogP contribution in [0.5, 0.6) is 5.88 Å². The summed E-state index contributed by atoms with van der Waals surface area (Å²) in [6.07, 6.45) is -2.49. The molecule has 3 aromatic rings. The Labute approximate surface area is 247 Å². The minimum absolute atomic E-state index is 0.100. The molecule has 12 nitrogen and oxygen atoms in total. The zero-order valence-electron chi connectivity index (χ0n) is 23.5. The summed E-state index contributed by atoms with van der Waals surface area (Å²) in [5, 5.41) is 8.05. The molecule has 0 unspecified atom stereocenters. The lowest BCUT2D eigenvalue weighted by molar-refractivity contribution is -0.137. The predicted octanol–water partition coefficient (Wildman–Crippen LogP) is 4.37. The molecule has 43 heavy (non-hydrogen) atoms. The Morgan fingerprint density at radius 3 is 2.47 bits per heavy atom. The summed E-state index contributed by atoms with van der Waals surface area (Å²) in [4.78, 5) is 25.9. The van der Waals surface area contributed by atoms with Gasteiger partial charge in [0.2, 0.25) is 27.8 Å². The number of methoxy groups -OCH3 is 1. The SMILES string of the molecule is C=CC(=O)Nc1cccc(Nc2nc(Nc3ccc(N4CCN(S(=O)(=O)CCC)CC4)nc3OC)ncc2C(F)(F)F)c1. The molecule has 4 rings (SSSR count). The van der Waals surface area contributed by atoms with Gasteiger partial charge in [0, 0.05) is 43.8 Å². The van der Waals surface area contributed by atoms with Crippen LogP contribution >= 0.6 is 0 Å². The van der Waals surface area contributed by atoms with E-state index in [4.69, 9.17) is 4.74 Å². The lowest BCUT2D eigenvalue weighted by Gasteiger charge is -2.34. The first-order valence-electron chi connectivity index (χ1n) is 13.2. The molecule has 0 atom stereocenters. The first-order valence-corrected chi connectivity index (χ1v) is 14.8. The number of ether oxygens (including phenoxy) is 1. The number of pyridine rings is 1. The Bertz CT molecular complexity index is 1580. The van der Waals surface area contributed by atoms with Crippen molar-refractivity contribution in [3.63, 3.8) is 0 Å². The fraction of sp³-hybridized carbons (Fsp3) is 0.333. The quantitative estimate of drug-likeness (QED) is 0.265. The third-order valence-corrected chi connectivity index (χ3v) is 8.45. The number of sulfonamides is 1. The van der Waals surface area contributed by atoms with Gasteiger partial charge in [0.1, 0.15) is 22.9 Å². The van der Waals surface area contributed by atoms with Gasteiger partial charge in [0.05, 0.1) is 12.9 Å². The van der Waals surface area contributed by atoms with Crippen LogP contribution in [0.2, 0.25) is 0 Å². The van der Waals surface area contributed by atoms with Gasteiger partial charge in [-0.15, -0.1) is 0 Å². The highest BCUT2D eigenvalue weighted by molar-refractivity contribution is 7.89. The molecule has 3 N–H and O–H groups in total. The highest BCUT2D eigenvalue weighted by atomic mass is 32.2. The van der Waals surface area contributed by atoms with E-state index in [1.165, 1.54) is 23.5 Å². The highest BCUT2D eigenvalue weighted by Crippen LogP contribution is 2.36. The summed E-state index contributed by atoms with van der Waals surface area (Å²) in [7, 11) is -1.90. The van der Waals surface area contributed by atoms with Crippen LogP contribution in [0.3, 0.4) is 0 Å². The zero-order chi connectivity index (χ0) is 31.2.